The van der Waals surface area contributed by atoms with Crippen LogP contribution < -0.4 is 4.74 Å². The Morgan fingerprint density at radius 3 is 2.30 bits per heavy atom. The molecule has 0 aliphatic heterocycles. The van der Waals surface area contributed by atoms with E-state index in [0.29, 0.717) is 24.4 Å². The number of nitrogens with zero attached hydrogens (tertiary/aromatic N) is 1. The molecule has 1 aromatic carbocycles. The zero-order chi connectivity index (χ0) is 17.5. The molecule has 0 aliphatic rings. The number of likely N-dealkylation sites (N-methyl/N-ethyl adjacent to an activating group) is 1. The number of carbonyl (C=O) groups is 2. The van der Waals surface area contributed by atoms with Crippen molar-refractivity contribution in [1.29, 1.82) is 0 Å². The number of benzene rings is 1. The normalized spacial score (nSPS) is 11.3. The van der Waals surface area contributed by atoms with Crippen LogP contribution in [0.4, 0.5) is 4.79 Å². The number of ether oxygens (including phenoxy) is 2. The van der Waals surface area contributed by atoms with E-state index in [4.69, 9.17) is 9.47 Å². The standard InChI is InChI=1S/C18H25NO4/c1-6-19(7-2)16(20)13-12-14-10-8-9-11-15(14)22-17(21)23-18(3,4)5/h8-13H,6-7H2,1-5H3. The van der Waals surface area contributed by atoms with Crippen molar-refractivity contribution in [2.24, 2.45) is 0 Å². The van der Waals surface area contributed by atoms with E-state index < -0.39 is 11.8 Å². The summed E-state index contributed by atoms with van der Waals surface area (Å²) in [7, 11) is 0. The van der Waals surface area contributed by atoms with Gasteiger partial charge in [-0.05, 0) is 46.8 Å². The third-order valence-electron chi connectivity index (χ3n) is 2.98. The summed E-state index contributed by atoms with van der Waals surface area (Å²) < 4.78 is 10.4. The van der Waals surface area contributed by atoms with Gasteiger partial charge in [-0.15, -0.1) is 0 Å². The van der Waals surface area contributed by atoms with Gasteiger partial charge in [-0.25, -0.2) is 4.79 Å². The lowest BCUT2D eigenvalue weighted by Crippen LogP contribution is -2.28. The largest absolute Gasteiger partial charge is 0.514 e. The van der Waals surface area contributed by atoms with Crippen LogP contribution in [0.5, 0.6) is 5.75 Å². The quantitative estimate of drug-likeness (QED) is 0.469. The van der Waals surface area contributed by atoms with Crippen molar-refractivity contribution >= 4 is 18.1 Å². The van der Waals surface area contributed by atoms with Gasteiger partial charge in [0.25, 0.3) is 0 Å². The van der Waals surface area contributed by atoms with Crippen molar-refractivity contribution in [2.75, 3.05) is 13.1 Å². The van der Waals surface area contributed by atoms with Gasteiger partial charge in [-0.1, -0.05) is 18.2 Å². The van der Waals surface area contributed by atoms with Crippen molar-refractivity contribution < 1.29 is 19.1 Å². The fourth-order valence-corrected chi connectivity index (χ4v) is 1.87. The van der Waals surface area contributed by atoms with E-state index in [2.05, 4.69) is 0 Å². The summed E-state index contributed by atoms with van der Waals surface area (Å²) in [5.74, 6) is 0.271. The maximum atomic E-state index is 12.0. The molecule has 0 atom stereocenters. The molecule has 126 valence electrons. The Morgan fingerprint density at radius 2 is 1.74 bits per heavy atom. The Hall–Kier alpha value is -2.30. The van der Waals surface area contributed by atoms with E-state index in [1.807, 2.05) is 19.9 Å². The maximum Gasteiger partial charge on any atom is 0.514 e. The minimum absolute atomic E-state index is 0.0814. The first-order chi connectivity index (χ1) is 10.8. The smallest absolute Gasteiger partial charge is 0.428 e. The van der Waals surface area contributed by atoms with E-state index in [1.54, 1.807) is 49.9 Å². The SMILES string of the molecule is CCN(CC)C(=O)C=Cc1ccccc1OC(=O)OC(C)(C)C. The number of hydrogen-bond acceptors (Lipinski definition) is 4. The van der Waals surface area contributed by atoms with Gasteiger partial charge < -0.3 is 14.4 Å². The van der Waals surface area contributed by atoms with Gasteiger partial charge in [-0.3, -0.25) is 4.79 Å². The molecule has 0 spiro atoms. The molecule has 0 bridgehead atoms. The molecule has 0 heterocycles. The Balaban J connectivity index is 2.85. The lowest BCUT2D eigenvalue weighted by atomic mass is 10.2. The van der Waals surface area contributed by atoms with E-state index in [0.717, 1.165) is 0 Å². The van der Waals surface area contributed by atoms with Crippen LogP contribution in [-0.4, -0.2) is 35.7 Å². The molecule has 1 rings (SSSR count). The lowest BCUT2D eigenvalue weighted by molar-refractivity contribution is -0.125. The summed E-state index contributed by atoms with van der Waals surface area (Å²) in [4.78, 5) is 25.5. The molecule has 5 heteroatoms. The summed E-state index contributed by atoms with van der Waals surface area (Å²) in [6.45, 7) is 10.4. The van der Waals surface area contributed by atoms with Crippen LogP contribution in [0.25, 0.3) is 6.08 Å². The van der Waals surface area contributed by atoms with Gasteiger partial charge in [0.2, 0.25) is 5.91 Å². The summed E-state index contributed by atoms with van der Waals surface area (Å²) in [5, 5.41) is 0. The molecule has 0 fully saturated rings. The Bertz CT molecular complexity index is 569. The molecule has 0 unspecified atom stereocenters. The number of carbonyl (C=O) groups excluding carboxylic acids is 2. The highest BCUT2D eigenvalue weighted by Crippen LogP contribution is 2.21. The van der Waals surface area contributed by atoms with Crippen molar-refractivity contribution in [2.45, 2.75) is 40.2 Å². The van der Waals surface area contributed by atoms with Crippen LogP contribution in [0.2, 0.25) is 0 Å². The fraction of sp³-hybridized carbons (Fsp3) is 0.444. The molecule has 0 saturated carbocycles. The molecule has 1 amide bonds. The van der Waals surface area contributed by atoms with Crippen LogP contribution in [0, 0.1) is 0 Å². The average molecular weight is 319 g/mol. The van der Waals surface area contributed by atoms with Crippen molar-refractivity contribution in [3.63, 3.8) is 0 Å². The predicted molar refractivity (Wildman–Crippen MR) is 90.3 cm³/mol. The lowest BCUT2D eigenvalue weighted by Gasteiger charge is -2.19. The zero-order valence-corrected chi connectivity index (χ0v) is 14.5. The average Bonchev–Trinajstić information content (AvgIpc) is 2.45. The van der Waals surface area contributed by atoms with Gasteiger partial charge in [0.15, 0.2) is 0 Å². The third-order valence-corrected chi connectivity index (χ3v) is 2.98. The third kappa shape index (κ3) is 6.55. The Kier molecular flexibility index (Phi) is 6.82. The summed E-state index contributed by atoms with van der Waals surface area (Å²) in [5.41, 5.74) is 0.0134. The Labute approximate surface area is 137 Å². The second-order valence-electron chi connectivity index (χ2n) is 5.95. The van der Waals surface area contributed by atoms with Crippen LogP contribution in [-0.2, 0) is 9.53 Å². The highest BCUT2D eigenvalue weighted by molar-refractivity contribution is 5.92. The summed E-state index contributed by atoms with van der Waals surface area (Å²) in [6.07, 6.45) is 2.35. The molecule has 23 heavy (non-hydrogen) atoms. The maximum absolute atomic E-state index is 12.0. The minimum atomic E-state index is -0.770. The fourth-order valence-electron chi connectivity index (χ4n) is 1.87. The highest BCUT2D eigenvalue weighted by Gasteiger charge is 2.18. The van der Waals surface area contributed by atoms with E-state index in [9.17, 15) is 9.59 Å². The van der Waals surface area contributed by atoms with Gasteiger partial charge >= 0.3 is 6.16 Å². The van der Waals surface area contributed by atoms with E-state index in [-0.39, 0.29) is 5.91 Å². The molecule has 0 N–H and O–H groups in total. The first-order valence-corrected chi connectivity index (χ1v) is 7.73. The van der Waals surface area contributed by atoms with Crippen molar-refractivity contribution in [3.05, 3.63) is 35.9 Å². The molecular formula is C18H25NO4. The number of hydrogen-bond donors (Lipinski definition) is 0. The van der Waals surface area contributed by atoms with Crippen LogP contribution in [0.3, 0.4) is 0 Å². The topological polar surface area (TPSA) is 55.8 Å². The monoisotopic (exact) mass is 319 g/mol. The number of amides is 1. The van der Waals surface area contributed by atoms with Gasteiger partial charge in [0.1, 0.15) is 11.4 Å². The second kappa shape index (κ2) is 8.36. The molecular weight excluding hydrogens is 294 g/mol. The van der Waals surface area contributed by atoms with Crippen molar-refractivity contribution in [1.82, 2.24) is 4.90 Å². The van der Waals surface area contributed by atoms with E-state index >= 15 is 0 Å². The molecule has 1 aromatic rings. The summed E-state index contributed by atoms with van der Waals surface area (Å²) in [6, 6.07) is 6.99. The highest BCUT2D eigenvalue weighted by atomic mass is 16.7. The van der Waals surface area contributed by atoms with Crippen molar-refractivity contribution in [3.8, 4) is 5.75 Å². The number of para-hydroxylation sites is 1. The zero-order valence-electron chi connectivity index (χ0n) is 14.5. The molecule has 0 aromatic heterocycles. The van der Waals surface area contributed by atoms with Gasteiger partial charge in [0.05, 0.1) is 0 Å². The van der Waals surface area contributed by atoms with Gasteiger partial charge in [0, 0.05) is 24.7 Å². The molecule has 0 aliphatic carbocycles. The van der Waals surface area contributed by atoms with Gasteiger partial charge in [-0.2, -0.15) is 0 Å². The first-order valence-electron chi connectivity index (χ1n) is 7.73. The second-order valence-corrected chi connectivity index (χ2v) is 5.95. The Morgan fingerprint density at radius 1 is 1.13 bits per heavy atom. The molecule has 0 radical (unpaired) electrons. The molecule has 5 nitrogen and oxygen atoms in total. The van der Waals surface area contributed by atoms with Crippen LogP contribution in [0.15, 0.2) is 30.3 Å². The minimum Gasteiger partial charge on any atom is -0.428 e. The first kappa shape index (κ1) is 18.7. The summed E-state index contributed by atoms with van der Waals surface area (Å²) >= 11 is 0. The molecule has 0 saturated heterocycles. The predicted octanol–water partition coefficient (Wildman–Crippen LogP) is 3.88. The number of rotatable bonds is 5. The van der Waals surface area contributed by atoms with Crippen LogP contribution in [0.1, 0.15) is 40.2 Å². The van der Waals surface area contributed by atoms with E-state index in [1.165, 1.54) is 6.08 Å². The van der Waals surface area contributed by atoms with Crippen LogP contribution >= 0.6 is 0 Å².